The van der Waals surface area contributed by atoms with Gasteiger partial charge >= 0.3 is 11.9 Å². The van der Waals surface area contributed by atoms with Gasteiger partial charge in [0.05, 0.1) is 18.9 Å². The van der Waals surface area contributed by atoms with Gasteiger partial charge in [0.1, 0.15) is 5.60 Å². The summed E-state index contributed by atoms with van der Waals surface area (Å²) in [6.07, 6.45) is 1.16. The summed E-state index contributed by atoms with van der Waals surface area (Å²) in [5, 5.41) is 18.6. The van der Waals surface area contributed by atoms with Crippen molar-refractivity contribution in [2.24, 2.45) is 11.8 Å². The molecule has 2 N–H and O–H groups in total. The number of hydrogen-bond acceptors (Lipinski definition) is 4. The third-order valence-electron chi connectivity index (χ3n) is 3.90. The number of ether oxygens (including phenoxy) is 1. The minimum absolute atomic E-state index is 0.116. The van der Waals surface area contributed by atoms with Crippen LogP contribution >= 0.6 is 0 Å². The van der Waals surface area contributed by atoms with E-state index < -0.39 is 23.6 Å². The summed E-state index contributed by atoms with van der Waals surface area (Å²) in [6.45, 7) is 5.97. The lowest BCUT2D eigenvalue weighted by atomic mass is 9.73. The average molecular weight is 272 g/mol. The van der Waals surface area contributed by atoms with Crippen molar-refractivity contribution < 1.29 is 24.5 Å². The van der Waals surface area contributed by atoms with Crippen LogP contribution in [0.25, 0.3) is 0 Å². The molecule has 0 aromatic rings. The summed E-state index contributed by atoms with van der Waals surface area (Å²) < 4.78 is 5.37. The quantitative estimate of drug-likeness (QED) is 0.747. The number of esters is 1. The van der Waals surface area contributed by atoms with Crippen molar-refractivity contribution in [1.29, 1.82) is 0 Å². The molecule has 3 atom stereocenters. The maximum absolute atomic E-state index is 11.6. The summed E-state index contributed by atoms with van der Waals surface area (Å²) in [5.74, 6) is -0.862. The number of aliphatic hydroxyl groups excluding tert-OH is 1. The highest BCUT2D eigenvalue weighted by atomic mass is 16.6. The molecule has 0 saturated heterocycles. The van der Waals surface area contributed by atoms with Crippen LogP contribution in [0.1, 0.15) is 52.9 Å². The SMILES string of the molecule is CC(C)[C@@H]1CC[C@@](C)(OC(=O)CCC(=O)O)C[C@H]1O. The van der Waals surface area contributed by atoms with E-state index in [1.54, 1.807) is 0 Å². The van der Waals surface area contributed by atoms with E-state index in [9.17, 15) is 14.7 Å². The molecule has 0 aromatic carbocycles. The fourth-order valence-electron chi connectivity index (χ4n) is 2.77. The van der Waals surface area contributed by atoms with Gasteiger partial charge < -0.3 is 14.9 Å². The van der Waals surface area contributed by atoms with Gasteiger partial charge in [-0.15, -0.1) is 0 Å². The Morgan fingerprint density at radius 2 is 2.00 bits per heavy atom. The summed E-state index contributed by atoms with van der Waals surface area (Å²) >= 11 is 0. The number of carboxylic acids is 1. The van der Waals surface area contributed by atoms with Crippen molar-refractivity contribution in [2.45, 2.75) is 64.6 Å². The van der Waals surface area contributed by atoms with Crippen LogP contribution in [-0.4, -0.2) is 33.9 Å². The second-order valence-electron chi connectivity index (χ2n) is 6.04. The Balaban J connectivity index is 2.50. The van der Waals surface area contributed by atoms with Crippen molar-refractivity contribution in [1.82, 2.24) is 0 Å². The molecule has 1 saturated carbocycles. The normalized spacial score (nSPS) is 31.2. The number of carboxylic acid groups (broad SMARTS) is 1. The molecule has 0 aliphatic heterocycles. The van der Waals surface area contributed by atoms with Gasteiger partial charge in [0.15, 0.2) is 0 Å². The number of rotatable bonds is 5. The van der Waals surface area contributed by atoms with Gasteiger partial charge in [-0.3, -0.25) is 9.59 Å². The Hall–Kier alpha value is -1.10. The van der Waals surface area contributed by atoms with Crippen molar-refractivity contribution in [3.8, 4) is 0 Å². The van der Waals surface area contributed by atoms with E-state index >= 15 is 0 Å². The lowest BCUT2D eigenvalue weighted by Gasteiger charge is -2.41. The van der Waals surface area contributed by atoms with Crippen molar-refractivity contribution >= 4 is 11.9 Å². The molecular weight excluding hydrogens is 248 g/mol. The van der Waals surface area contributed by atoms with Crippen LogP contribution in [0.4, 0.5) is 0 Å². The summed E-state index contributed by atoms with van der Waals surface area (Å²) in [7, 11) is 0. The molecule has 0 amide bonds. The van der Waals surface area contributed by atoms with Crippen LogP contribution < -0.4 is 0 Å². The first kappa shape index (κ1) is 16.0. The Labute approximate surface area is 114 Å². The molecule has 0 heterocycles. The zero-order chi connectivity index (χ0) is 14.6. The maximum atomic E-state index is 11.6. The van der Waals surface area contributed by atoms with Gasteiger partial charge in [0, 0.05) is 6.42 Å². The second kappa shape index (κ2) is 6.37. The van der Waals surface area contributed by atoms with Crippen LogP contribution in [0.15, 0.2) is 0 Å². The van der Waals surface area contributed by atoms with Gasteiger partial charge in [-0.2, -0.15) is 0 Å². The predicted octanol–water partition coefficient (Wildman–Crippen LogP) is 1.97. The molecular formula is C14H24O5. The Kier molecular flexibility index (Phi) is 5.35. The van der Waals surface area contributed by atoms with Crippen LogP contribution in [0, 0.1) is 11.8 Å². The lowest BCUT2D eigenvalue weighted by Crippen LogP contribution is -2.44. The first-order valence-corrected chi connectivity index (χ1v) is 6.85. The monoisotopic (exact) mass is 272 g/mol. The standard InChI is InChI=1S/C14H24O5/c1-9(2)10-6-7-14(3,8-11(10)15)19-13(18)5-4-12(16)17/h9-11,15H,4-8H2,1-3H3,(H,16,17)/t10-,11+,14+/m0/s1. The van der Waals surface area contributed by atoms with Gasteiger partial charge in [0.2, 0.25) is 0 Å². The average Bonchev–Trinajstić information content (AvgIpc) is 2.25. The first-order chi connectivity index (χ1) is 8.73. The number of aliphatic hydroxyl groups is 1. The van der Waals surface area contributed by atoms with Gasteiger partial charge in [-0.1, -0.05) is 13.8 Å². The molecule has 1 aliphatic rings. The minimum Gasteiger partial charge on any atom is -0.481 e. The number of aliphatic carboxylic acids is 1. The topological polar surface area (TPSA) is 83.8 Å². The van der Waals surface area contributed by atoms with E-state index in [1.807, 2.05) is 6.92 Å². The predicted molar refractivity (Wildman–Crippen MR) is 69.6 cm³/mol. The lowest BCUT2D eigenvalue weighted by molar-refractivity contribution is -0.169. The summed E-state index contributed by atoms with van der Waals surface area (Å²) in [6, 6.07) is 0. The molecule has 0 radical (unpaired) electrons. The molecule has 1 aliphatic carbocycles. The van der Waals surface area contributed by atoms with Crippen LogP contribution in [0.2, 0.25) is 0 Å². The van der Waals surface area contributed by atoms with Crippen LogP contribution in [0.5, 0.6) is 0 Å². The largest absolute Gasteiger partial charge is 0.481 e. The molecule has 5 heteroatoms. The Morgan fingerprint density at radius 3 is 2.47 bits per heavy atom. The van der Waals surface area contributed by atoms with E-state index in [4.69, 9.17) is 9.84 Å². The maximum Gasteiger partial charge on any atom is 0.306 e. The Morgan fingerprint density at radius 1 is 1.37 bits per heavy atom. The van der Waals surface area contributed by atoms with E-state index in [0.717, 1.165) is 6.42 Å². The highest BCUT2D eigenvalue weighted by molar-refractivity contribution is 5.76. The van der Waals surface area contributed by atoms with E-state index in [-0.39, 0.29) is 18.8 Å². The number of carbonyl (C=O) groups excluding carboxylic acids is 1. The Bertz CT molecular complexity index is 339. The second-order valence-corrected chi connectivity index (χ2v) is 6.04. The zero-order valence-electron chi connectivity index (χ0n) is 11.9. The minimum atomic E-state index is -1.01. The van der Waals surface area contributed by atoms with E-state index in [0.29, 0.717) is 18.8 Å². The van der Waals surface area contributed by atoms with Crippen molar-refractivity contribution in [3.05, 3.63) is 0 Å². The smallest absolute Gasteiger partial charge is 0.306 e. The fourth-order valence-corrected chi connectivity index (χ4v) is 2.77. The molecule has 1 fully saturated rings. The molecule has 19 heavy (non-hydrogen) atoms. The zero-order valence-corrected chi connectivity index (χ0v) is 11.9. The van der Waals surface area contributed by atoms with Crippen LogP contribution in [-0.2, 0) is 14.3 Å². The number of hydrogen-bond donors (Lipinski definition) is 2. The molecule has 1 rings (SSSR count). The molecule has 0 spiro atoms. The van der Waals surface area contributed by atoms with Gasteiger partial charge in [-0.25, -0.2) is 0 Å². The molecule has 0 aromatic heterocycles. The molecule has 110 valence electrons. The fraction of sp³-hybridized carbons (Fsp3) is 0.857. The third-order valence-corrected chi connectivity index (χ3v) is 3.90. The van der Waals surface area contributed by atoms with Crippen LogP contribution in [0.3, 0.4) is 0 Å². The van der Waals surface area contributed by atoms with Crippen molar-refractivity contribution in [3.63, 3.8) is 0 Å². The molecule has 0 unspecified atom stereocenters. The highest BCUT2D eigenvalue weighted by Gasteiger charge is 2.40. The third kappa shape index (κ3) is 4.82. The van der Waals surface area contributed by atoms with Crippen molar-refractivity contribution in [2.75, 3.05) is 0 Å². The van der Waals surface area contributed by atoms with E-state index in [1.165, 1.54) is 0 Å². The van der Waals surface area contributed by atoms with Gasteiger partial charge in [0.25, 0.3) is 0 Å². The first-order valence-electron chi connectivity index (χ1n) is 6.85. The summed E-state index contributed by atoms with van der Waals surface area (Å²) in [5.41, 5.74) is -0.666. The highest BCUT2D eigenvalue weighted by Crippen LogP contribution is 2.38. The van der Waals surface area contributed by atoms with E-state index in [2.05, 4.69) is 13.8 Å². The number of carbonyl (C=O) groups is 2. The molecule has 5 nitrogen and oxygen atoms in total. The molecule has 0 bridgehead atoms. The summed E-state index contributed by atoms with van der Waals surface area (Å²) in [4.78, 5) is 22.0. The van der Waals surface area contributed by atoms with Gasteiger partial charge in [-0.05, 0) is 31.6 Å².